The van der Waals surface area contributed by atoms with Crippen LogP contribution in [0.2, 0.25) is 0 Å². The van der Waals surface area contributed by atoms with E-state index in [2.05, 4.69) is 27.7 Å². The van der Waals surface area contributed by atoms with Crippen molar-refractivity contribution in [2.45, 2.75) is 53.4 Å². The van der Waals surface area contributed by atoms with Gasteiger partial charge in [-0.25, -0.2) is 0 Å². The Morgan fingerprint density at radius 2 is 0.867 bits per heavy atom. The summed E-state index contributed by atoms with van der Waals surface area (Å²) < 4.78 is 12.3. The van der Waals surface area contributed by atoms with Gasteiger partial charge in [-0.15, -0.1) is 0 Å². The Kier molecular flexibility index (Phi) is 6.88. The van der Waals surface area contributed by atoms with E-state index in [1.165, 1.54) is 0 Å². The number of aryl methyl sites for hydroxylation is 4. The molecule has 0 spiro atoms. The van der Waals surface area contributed by atoms with E-state index in [1.54, 1.807) is 0 Å². The first-order chi connectivity index (χ1) is 14.5. The maximum Gasteiger partial charge on any atom is 0.131 e. The van der Waals surface area contributed by atoms with Crippen LogP contribution in [0.15, 0.2) is 48.5 Å². The summed E-state index contributed by atoms with van der Waals surface area (Å²) in [6.45, 7) is 8.41. The van der Waals surface area contributed by atoms with Crippen molar-refractivity contribution in [3.63, 3.8) is 0 Å². The van der Waals surface area contributed by atoms with Crippen molar-refractivity contribution >= 4 is 11.4 Å². The van der Waals surface area contributed by atoms with E-state index in [0.29, 0.717) is 0 Å². The van der Waals surface area contributed by atoms with E-state index in [0.717, 1.165) is 82.3 Å². The van der Waals surface area contributed by atoms with E-state index in [1.807, 2.05) is 48.5 Å². The van der Waals surface area contributed by atoms with Gasteiger partial charge in [-0.1, -0.05) is 33.8 Å². The topological polar surface area (TPSA) is 70.5 Å². The molecule has 0 aliphatic heterocycles. The average molecular weight is 405 g/mol. The molecule has 0 aromatic heterocycles. The lowest BCUT2D eigenvalue weighted by Crippen LogP contribution is -2.00. The highest BCUT2D eigenvalue weighted by Crippen LogP contribution is 2.33. The molecule has 3 aromatic carbocycles. The van der Waals surface area contributed by atoms with E-state index in [4.69, 9.17) is 20.9 Å². The van der Waals surface area contributed by atoms with Crippen LogP contribution in [-0.4, -0.2) is 0 Å². The van der Waals surface area contributed by atoms with Gasteiger partial charge in [0.15, 0.2) is 0 Å². The van der Waals surface area contributed by atoms with Gasteiger partial charge in [-0.2, -0.15) is 0 Å². The molecule has 0 saturated heterocycles. The molecule has 0 bridgehead atoms. The number of nitrogen functional groups attached to an aromatic ring is 2. The van der Waals surface area contributed by atoms with Crippen LogP contribution in [0.1, 0.15) is 49.9 Å². The van der Waals surface area contributed by atoms with Crippen molar-refractivity contribution in [3.8, 4) is 23.0 Å². The lowest BCUT2D eigenvalue weighted by Gasteiger charge is -2.15. The fourth-order valence-corrected chi connectivity index (χ4v) is 3.65. The van der Waals surface area contributed by atoms with Crippen LogP contribution in [0, 0.1) is 0 Å². The molecule has 0 aliphatic rings. The molecule has 0 fully saturated rings. The standard InChI is InChI=1S/C26H32N2O2/c1-5-17-12-23(13-18(6-2)25(17)27)29-21-10-9-11-22(16-21)30-24-14-19(7-3)26(28)20(8-4)15-24/h9-16H,5-8,27-28H2,1-4H3. The fourth-order valence-electron chi connectivity index (χ4n) is 3.65. The van der Waals surface area contributed by atoms with Crippen molar-refractivity contribution in [1.82, 2.24) is 0 Å². The van der Waals surface area contributed by atoms with Crippen LogP contribution in [-0.2, 0) is 25.7 Å². The van der Waals surface area contributed by atoms with Gasteiger partial charge in [-0.3, -0.25) is 0 Å². The Labute approximate surface area is 179 Å². The minimum absolute atomic E-state index is 0.725. The van der Waals surface area contributed by atoms with Crippen molar-refractivity contribution < 1.29 is 9.47 Å². The summed E-state index contributed by atoms with van der Waals surface area (Å²) in [4.78, 5) is 0. The zero-order valence-corrected chi connectivity index (χ0v) is 18.4. The van der Waals surface area contributed by atoms with Crippen LogP contribution >= 0.6 is 0 Å². The minimum Gasteiger partial charge on any atom is -0.457 e. The molecule has 4 nitrogen and oxygen atoms in total. The monoisotopic (exact) mass is 404 g/mol. The highest BCUT2D eigenvalue weighted by molar-refractivity contribution is 5.59. The van der Waals surface area contributed by atoms with E-state index < -0.39 is 0 Å². The van der Waals surface area contributed by atoms with Gasteiger partial charge >= 0.3 is 0 Å². The first-order valence-corrected chi connectivity index (χ1v) is 10.8. The van der Waals surface area contributed by atoms with Gasteiger partial charge in [0.05, 0.1) is 0 Å². The second-order valence-corrected chi connectivity index (χ2v) is 7.40. The van der Waals surface area contributed by atoms with Gasteiger partial charge in [0.2, 0.25) is 0 Å². The SMILES string of the molecule is CCc1cc(Oc2cccc(Oc3cc(CC)c(N)c(CC)c3)c2)cc(CC)c1N. The molecule has 4 N–H and O–H groups in total. The quantitative estimate of drug-likeness (QED) is 0.411. The molecule has 0 atom stereocenters. The maximum atomic E-state index is 6.25. The normalized spacial score (nSPS) is 10.8. The third-order valence-corrected chi connectivity index (χ3v) is 5.45. The van der Waals surface area contributed by atoms with Crippen molar-refractivity contribution in [2.24, 2.45) is 0 Å². The van der Waals surface area contributed by atoms with Crippen LogP contribution in [0.25, 0.3) is 0 Å². The molecule has 0 saturated carbocycles. The highest BCUT2D eigenvalue weighted by atomic mass is 16.5. The number of anilines is 2. The average Bonchev–Trinajstić information content (AvgIpc) is 2.76. The van der Waals surface area contributed by atoms with Gasteiger partial charge in [-0.05, 0) is 84.3 Å². The summed E-state index contributed by atoms with van der Waals surface area (Å²) in [6.07, 6.45) is 3.48. The van der Waals surface area contributed by atoms with E-state index in [-0.39, 0.29) is 0 Å². The number of hydrogen-bond acceptors (Lipinski definition) is 4. The summed E-state index contributed by atoms with van der Waals surface area (Å²) in [5, 5.41) is 0. The van der Waals surface area contributed by atoms with Gasteiger partial charge in [0.1, 0.15) is 23.0 Å². The number of hydrogen-bond donors (Lipinski definition) is 2. The molecule has 3 rings (SSSR count). The third-order valence-electron chi connectivity index (χ3n) is 5.45. The van der Waals surface area contributed by atoms with Gasteiger partial charge in [0.25, 0.3) is 0 Å². The summed E-state index contributed by atoms with van der Waals surface area (Å²) in [6, 6.07) is 15.8. The highest BCUT2D eigenvalue weighted by Gasteiger charge is 2.10. The van der Waals surface area contributed by atoms with Crippen LogP contribution in [0.5, 0.6) is 23.0 Å². The first kappa shape index (κ1) is 21.6. The van der Waals surface area contributed by atoms with Crippen LogP contribution in [0.3, 0.4) is 0 Å². The molecule has 3 aromatic rings. The summed E-state index contributed by atoms with van der Waals surface area (Å²) in [5.74, 6) is 3.04. The summed E-state index contributed by atoms with van der Waals surface area (Å²) >= 11 is 0. The summed E-state index contributed by atoms with van der Waals surface area (Å²) in [7, 11) is 0. The molecular weight excluding hydrogens is 372 g/mol. The lowest BCUT2D eigenvalue weighted by atomic mass is 10.0. The van der Waals surface area contributed by atoms with Crippen molar-refractivity contribution in [3.05, 3.63) is 70.8 Å². The third kappa shape index (κ3) is 4.70. The van der Waals surface area contributed by atoms with E-state index >= 15 is 0 Å². The number of nitrogens with two attached hydrogens (primary N) is 2. The van der Waals surface area contributed by atoms with Crippen molar-refractivity contribution in [1.29, 1.82) is 0 Å². The Bertz CT molecular complexity index is 899. The zero-order chi connectivity index (χ0) is 21.7. The van der Waals surface area contributed by atoms with Crippen LogP contribution in [0.4, 0.5) is 11.4 Å². The molecule has 0 amide bonds. The van der Waals surface area contributed by atoms with Crippen LogP contribution < -0.4 is 20.9 Å². The predicted octanol–water partition coefficient (Wildman–Crippen LogP) is 6.69. The smallest absolute Gasteiger partial charge is 0.131 e. The Morgan fingerprint density at radius 3 is 1.17 bits per heavy atom. The second kappa shape index (κ2) is 9.57. The second-order valence-electron chi connectivity index (χ2n) is 7.40. The Hall–Kier alpha value is -3.14. The summed E-state index contributed by atoms with van der Waals surface area (Å²) in [5.41, 5.74) is 18.7. The zero-order valence-electron chi connectivity index (χ0n) is 18.4. The first-order valence-electron chi connectivity index (χ1n) is 10.8. The molecular formula is C26H32N2O2. The molecule has 0 aliphatic carbocycles. The molecule has 158 valence electrons. The minimum atomic E-state index is 0.725. The molecule has 0 unspecified atom stereocenters. The Balaban J connectivity index is 1.86. The molecule has 0 heterocycles. The maximum absolute atomic E-state index is 6.25. The predicted molar refractivity (Wildman–Crippen MR) is 126 cm³/mol. The van der Waals surface area contributed by atoms with Gasteiger partial charge < -0.3 is 20.9 Å². The molecule has 4 heteroatoms. The van der Waals surface area contributed by atoms with Crippen molar-refractivity contribution in [2.75, 3.05) is 11.5 Å². The molecule has 0 radical (unpaired) electrons. The fraction of sp³-hybridized carbons (Fsp3) is 0.308. The number of benzene rings is 3. The van der Waals surface area contributed by atoms with Gasteiger partial charge in [0, 0.05) is 17.4 Å². The number of ether oxygens (including phenoxy) is 2. The number of rotatable bonds is 8. The Morgan fingerprint density at radius 1 is 0.533 bits per heavy atom. The largest absolute Gasteiger partial charge is 0.457 e. The lowest BCUT2D eigenvalue weighted by molar-refractivity contribution is 0.459. The molecule has 30 heavy (non-hydrogen) atoms. The van der Waals surface area contributed by atoms with E-state index in [9.17, 15) is 0 Å².